The van der Waals surface area contributed by atoms with Crippen LogP contribution in [-0.2, 0) is 18.4 Å². The fourth-order valence-corrected chi connectivity index (χ4v) is 5.24. The summed E-state index contributed by atoms with van der Waals surface area (Å²) in [5.41, 5.74) is 2.61. The van der Waals surface area contributed by atoms with Crippen molar-refractivity contribution in [3.8, 4) is 5.75 Å². The molecule has 4 heterocycles. The molecule has 9 nitrogen and oxygen atoms in total. The van der Waals surface area contributed by atoms with Crippen molar-refractivity contribution < 1.29 is 9.53 Å². The molecule has 180 valence electrons. The van der Waals surface area contributed by atoms with Crippen molar-refractivity contribution in [2.75, 3.05) is 24.5 Å². The van der Waals surface area contributed by atoms with Gasteiger partial charge in [0.05, 0.1) is 29.7 Å². The van der Waals surface area contributed by atoms with Crippen molar-refractivity contribution >= 4 is 28.3 Å². The van der Waals surface area contributed by atoms with E-state index in [0.717, 1.165) is 42.7 Å². The van der Waals surface area contributed by atoms with Crippen LogP contribution in [0.2, 0.25) is 0 Å². The minimum Gasteiger partial charge on any atom is -0.477 e. The zero-order valence-corrected chi connectivity index (χ0v) is 20.0. The van der Waals surface area contributed by atoms with Gasteiger partial charge in [-0.15, -0.1) is 10.2 Å². The van der Waals surface area contributed by atoms with Gasteiger partial charge in [-0.2, -0.15) is 0 Å². The number of carbonyl (C=O) groups excluding carboxylic acids is 1. The number of para-hydroxylation sites is 2. The van der Waals surface area contributed by atoms with Gasteiger partial charge in [0.15, 0.2) is 11.9 Å². The van der Waals surface area contributed by atoms with Gasteiger partial charge in [-0.1, -0.05) is 23.8 Å². The number of nitrogens with zero attached hydrogens (tertiary/aromatic N) is 6. The number of hydrogen-bond donors (Lipinski definition) is 0. The van der Waals surface area contributed by atoms with Gasteiger partial charge in [-0.25, -0.2) is 0 Å². The summed E-state index contributed by atoms with van der Waals surface area (Å²) in [7, 11) is 1.72. The quantitative estimate of drug-likeness (QED) is 0.456. The summed E-state index contributed by atoms with van der Waals surface area (Å²) in [5, 5.41) is 9.44. The van der Waals surface area contributed by atoms with Crippen LogP contribution in [0.5, 0.6) is 5.75 Å². The van der Waals surface area contributed by atoms with Gasteiger partial charge in [0.1, 0.15) is 5.75 Å². The maximum absolute atomic E-state index is 13.3. The highest BCUT2D eigenvalue weighted by atomic mass is 16.5. The molecular weight excluding hydrogens is 444 g/mol. The number of piperidine rings is 1. The highest BCUT2D eigenvalue weighted by molar-refractivity contribution is 5.84. The van der Waals surface area contributed by atoms with Gasteiger partial charge >= 0.3 is 0 Å². The molecule has 2 aliphatic rings. The molecule has 0 aliphatic carbocycles. The number of rotatable bonds is 3. The molecule has 1 atom stereocenters. The Kier molecular flexibility index (Phi) is 5.20. The Balaban J connectivity index is 1.41. The number of fused-ring (bicyclic) bond motifs is 4. The first-order valence-corrected chi connectivity index (χ1v) is 12.1. The third kappa shape index (κ3) is 3.62. The number of benzene rings is 2. The van der Waals surface area contributed by atoms with Crippen LogP contribution in [0.4, 0.5) is 5.69 Å². The van der Waals surface area contributed by atoms with Crippen LogP contribution in [0.1, 0.15) is 30.7 Å². The summed E-state index contributed by atoms with van der Waals surface area (Å²) >= 11 is 0. The third-order valence-electron chi connectivity index (χ3n) is 7.08. The Morgan fingerprint density at radius 3 is 2.71 bits per heavy atom. The van der Waals surface area contributed by atoms with Crippen molar-refractivity contribution in [2.45, 2.75) is 38.8 Å². The molecule has 0 spiro atoms. The molecule has 0 bridgehead atoms. The molecule has 1 saturated heterocycles. The predicted molar refractivity (Wildman–Crippen MR) is 133 cm³/mol. The largest absolute Gasteiger partial charge is 0.477 e. The molecule has 2 aliphatic heterocycles. The van der Waals surface area contributed by atoms with Gasteiger partial charge in [-0.3, -0.25) is 18.6 Å². The lowest BCUT2D eigenvalue weighted by atomic mass is 10.1. The zero-order valence-electron chi connectivity index (χ0n) is 20.0. The number of likely N-dealkylation sites (tertiary alicyclic amines) is 1. The minimum atomic E-state index is -0.578. The molecule has 6 rings (SSSR count). The summed E-state index contributed by atoms with van der Waals surface area (Å²) in [5.74, 6) is 1.92. The summed E-state index contributed by atoms with van der Waals surface area (Å²) in [6.07, 6.45) is 2.66. The number of aromatic nitrogens is 4. The van der Waals surface area contributed by atoms with Crippen LogP contribution >= 0.6 is 0 Å². The smallest absolute Gasteiger partial charge is 0.265 e. The fraction of sp³-hybridized carbons (Fsp3) is 0.385. The number of hydrogen-bond acceptors (Lipinski definition) is 6. The average Bonchev–Trinajstić information content (AvgIpc) is 3.31. The Hall–Kier alpha value is -3.88. The van der Waals surface area contributed by atoms with Crippen molar-refractivity contribution in [1.29, 1.82) is 0 Å². The first kappa shape index (κ1) is 21.6. The third-order valence-corrected chi connectivity index (χ3v) is 7.08. The summed E-state index contributed by atoms with van der Waals surface area (Å²) < 4.78 is 9.66. The van der Waals surface area contributed by atoms with Crippen LogP contribution in [0.25, 0.3) is 16.7 Å². The van der Waals surface area contributed by atoms with E-state index in [9.17, 15) is 9.59 Å². The number of ether oxygens (including phenoxy) is 1. The van der Waals surface area contributed by atoms with Crippen LogP contribution in [0.15, 0.2) is 47.3 Å². The van der Waals surface area contributed by atoms with E-state index in [2.05, 4.69) is 15.1 Å². The number of carbonyl (C=O) groups is 1. The van der Waals surface area contributed by atoms with Gasteiger partial charge in [0.2, 0.25) is 5.78 Å². The molecular formula is C26H28N6O3. The summed E-state index contributed by atoms with van der Waals surface area (Å²) in [6.45, 7) is 4.39. The van der Waals surface area contributed by atoms with Crippen molar-refractivity contribution in [1.82, 2.24) is 24.1 Å². The van der Waals surface area contributed by atoms with Crippen molar-refractivity contribution in [3.05, 3.63) is 64.2 Å². The molecule has 0 N–H and O–H groups in total. The van der Waals surface area contributed by atoms with Crippen LogP contribution in [0, 0.1) is 6.92 Å². The first-order valence-electron chi connectivity index (χ1n) is 12.1. The normalized spacial score (nSPS) is 18.1. The van der Waals surface area contributed by atoms with Crippen LogP contribution in [-0.4, -0.2) is 55.7 Å². The SMILES string of the molecule is Cc1ccc2c(c1)c(=O)n(C)c1nnc(CN3CC(C(=O)N4CCCCC4)Oc4ccccc43)n21. The fourth-order valence-electron chi connectivity index (χ4n) is 5.24. The molecule has 2 aromatic heterocycles. The number of amides is 1. The molecule has 0 radical (unpaired) electrons. The molecule has 1 unspecified atom stereocenters. The van der Waals surface area contributed by atoms with Crippen LogP contribution < -0.4 is 15.2 Å². The van der Waals surface area contributed by atoms with E-state index in [1.807, 2.05) is 58.7 Å². The first-order chi connectivity index (χ1) is 17.0. The van der Waals surface area contributed by atoms with Gasteiger partial charge in [-0.05, 0) is 50.5 Å². The molecule has 0 saturated carbocycles. The standard InChI is InChI=1S/C26H28N6O3/c1-17-10-11-19-18(14-17)24(33)29(2)26-28-27-23(32(19)26)16-31-15-22(25(34)30-12-6-3-7-13-30)35-21-9-5-4-8-20(21)31/h4-5,8-11,14,22H,3,6-7,12-13,15-16H2,1-2H3. The second-order valence-electron chi connectivity index (χ2n) is 9.48. The van der Waals surface area contributed by atoms with Crippen molar-refractivity contribution in [3.63, 3.8) is 0 Å². The second kappa shape index (κ2) is 8.41. The summed E-state index contributed by atoms with van der Waals surface area (Å²) in [4.78, 5) is 30.3. The number of aryl methyl sites for hydroxylation is 2. The molecule has 35 heavy (non-hydrogen) atoms. The highest BCUT2D eigenvalue weighted by Crippen LogP contribution is 2.34. The van der Waals surface area contributed by atoms with E-state index in [4.69, 9.17) is 4.74 Å². The Bertz CT molecular complexity index is 1500. The van der Waals surface area contributed by atoms with E-state index in [0.29, 0.717) is 35.8 Å². The topological polar surface area (TPSA) is 85.0 Å². The van der Waals surface area contributed by atoms with Gasteiger partial charge < -0.3 is 14.5 Å². The van der Waals surface area contributed by atoms with E-state index < -0.39 is 6.10 Å². The Morgan fingerprint density at radius 1 is 1.09 bits per heavy atom. The molecule has 2 aromatic carbocycles. The van der Waals surface area contributed by atoms with Crippen LogP contribution in [0.3, 0.4) is 0 Å². The van der Waals surface area contributed by atoms with E-state index in [1.165, 1.54) is 11.0 Å². The van der Waals surface area contributed by atoms with Gasteiger partial charge in [0.25, 0.3) is 11.5 Å². The lowest BCUT2D eigenvalue weighted by Gasteiger charge is -2.38. The Morgan fingerprint density at radius 2 is 1.89 bits per heavy atom. The predicted octanol–water partition coefficient (Wildman–Crippen LogP) is 2.67. The van der Waals surface area contributed by atoms with E-state index in [-0.39, 0.29) is 11.5 Å². The average molecular weight is 473 g/mol. The maximum Gasteiger partial charge on any atom is 0.265 e. The molecule has 4 aromatic rings. The lowest BCUT2D eigenvalue weighted by Crippen LogP contribution is -2.51. The molecule has 9 heteroatoms. The zero-order chi connectivity index (χ0) is 24.1. The highest BCUT2D eigenvalue weighted by Gasteiger charge is 2.34. The second-order valence-corrected chi connectivity index (χ2v) is 9.48. The van der Waals surface area contributed by atoms with E-state index >= 15 is 0 Å². The monoisotopic (exact) mass is 472 g/mol. The lowest BCUT2D eigenvalue weighted by molar-refractivity contribution is -0.139. The molecule has 1 amide bonds. The minimum absolute atomic E-state index is 0.0404. The maximum atomic E-state index is 13.3. The van der Waals surface area contributed by atoms with Crippen molar-refractivity contribution in [2.24, 2.45) is 7.05 Å². The van der Waals surface area contributed by atoms with Gasteiger partial charge in [0, 0.05) is 20.1 Å². The van der Waals surface area contributed by atoms with E-state index in [1.54, 1.807) is 7.05 Å². The number of anilines is 1. The molecule has 1 fully saturated rings. The summed E-state index contributed by atoms with van der Waals surface area (Å²) in [6, 6.07) is 13.6. The Labute approximate surface area is 202 Å².